The van der Waals surface area contributed by atoms with Gasteiger partial charge in [0, 0.05) is 54.9 Å². The summed E-state index contributed by atoms with van der Waals surface area (Å²) < 4.78 is 76.5. The first-order valence-electron chi connectivity index (χ1n) is 14.3. The number of piperazine rings is 1. The molecule has 0 saturated carbocycles. The SMILES string of the molecule is COCCO[C@H]1CSc2c(-c3ccc(F)c(Cl)c3)c(C(F)(F)F)cc3c(N4CCN(C(=O)OC(C)(C)C)CC4)nc(=O)n(c23)C1. The molecule has 0 aliphatic carbocycles. The molecule has 0 unspecified atom stereocenters. The molecule has 0 bridgehead atoms. The fourth-order valence-corrected chi connectivity index (χ4v) is 6.83. The molecule has 1 atom stereocenters. The minimum Gasteiger partial charge on any atom is -0.444 e. The lowest BCUT2D eigenvalue weighted by Gasteiger charge is -2.36. The van der Waals surface area contributed by atoms with E-state index in [-0.39, 0.29) is 82.8 Å². The van der Waals surface area contributed by atoms with Crippen molar-refractivity contribution in [3.8, 4) is 11.1 Å². The van der Waals surface area contributed by atoms with Crippen molar-refractivity contribution in [2.45, 2.75) is 50.1 Å². The lowest BCUT2D eigenvalue weighted by atomic mass is 9.96. The van der Waals surface area contributed by atoms with Crippen molar-refractivity contribution in [2.24, 2.45) is 0 Å². The first-order chi connectivity index (χ1) is 21.2. The van der Waals surface area contributed by atoms with Crippen molar-refractivity contribution in [1.29, 1.82) is 0 Å². The highest BCUT2D eigenvalue weighted by atomic mass is 35.5. The number of benzene rings is 2. The summed E-state index contributed by atoms with van der Waals surface area (Å²) in [5.74, 6) is -0.453. The zero-order chi connectivity index (χ0) is 32.7. The average molecular weight is 673 g/mol. The Kier molecular flexibility index (Phi) is 9.60. The normalized spacial score (nSPS) is 17.5. The highest BCUT2D eigenvalue weighted by molar-refractivity contribution is 7.99. The summed E-state index contributed by atoms with van der Waals surface area (Å²) in [6.07, 6.45) is -5.86. The molecule has 3 aromatic rings. The van der Waals surface area contributed by atoms with Gasteiger partial charge < -0.3 is 24.0 Å². The van der Waals surface area contributed by atoms with Crippen molar-refractivity contribution >= 4 is 46.2 Å². The maximum Gasteiger partial charge on any atom is 0.417 e. The number of anilines is 1. The fourth-order valence-electron chi connectivity index (χ4n) is 5.36. The number of rotatable bonds is 6. The lowest BCUT2D eigenvalue weighted by molar-refractivity contribution is -0.137. The van der Waals surface area contributed by atoms with E-state index in [2.05, 4.69) is 4.98 Å². The van der Waals surface area contributed by atoms with Crippen LogP contribution >= 0.6 is 23.4 Å². The van der Waals surface area contributed by atoms with Crippen LogP contribution in [0, 0.1) is 5.82 Å². The molecule has 244 valence electrons. The second-order valence-corrected chi connectivity index (χ2v) is 13.2. The van der Waals surface area contributed by atoms with Crippen LogP contribution in [0.25, 0.3) is 22.0 Å². The number of ether oxygens (including phenoxy) is 3. The van der Waals surface area contributed by atoms with Gasteiger partial charge in [0.1, 0.15) is 17.2 Å². The third-order valence-corrected chi connectivity index (χ3v) is 8.90. The number of carbonyl (C=O) groups is 1. The van der Waals surface area contributed by atoms with Crippen LogP contribution < -0.4 is 10.6 Å². The van der Waals surface area contributed by atoms with Gasteiger partial charge in [0.15, 0.2) is 0 Å². The molecule has 15 heteroatoms. The minimum absolute atomic E-state index is 0.0493. The second-order valence-electron chi connectivity index (χ2n) is 11.7. The van der Waals surface area contributed by atoms with E-state index in [1.807, 2.05) is 0 Å². The summed E-state index contributed by atoms with van der Waals surface area (Å²) in [6.45, 7) is 6.70. The summed E-state index contributed by atoms with van der Waals surface area (Å²) in [4.78, 5) is 34.0. The van der Waals surface area contributed by atoms with Crippen LogP contribution in [0.4, 0.5) is 28.2 Å². The number of aromatic nitrogens is 2. The topological polar surface area (TPSA) is 86.1 Å². The Morgan fingerprint density at radius 1 is 1.11 bits per heavy atom. The van der Waals surface area contributed by atoms with E-state index in [9.17, 15) is 27.2 Å². The van der Waals surface area contributed by atoms with Gasteiger partial charge in [-0.25, -0.2) is 14.0 Å². The molecule has 1 amide bonds. The highest BCUT2D eigenvalue weighted by Crippen LogP contribution is 2.48. The van der Waals surface area contributed by atoms with Gasteiger partial charge in [-0.05, 0) is 44.5 Å². The molecule has 2 aliphatic heterocycles. The largest absolute Gasteiger partial charge is 0.444 e. The second kappa shape index (κ2) is 13.0. The Hall–Kier alpha value is -3.07. The Balaban J connectivity index is 1.67. The molecule has 5 rings (SSSR count). The van der Waals surface area contributed by atoms with Crippen molar-refractivity contribution in [2.75, 3.05) is 57.2 Å². The Labute approximate surface area is 266 Å². The number of halogens is 5. The van der Waals surface area contributed by atoms with Gasteiger partial charge in [-0.1, -0.05) is 17.7 Å². The molecule has 1 saturated heterocycles. The van der Waals surface area contributed by atoms with Gasteiger partial charge in [-0.2, -0.15) is 18.2 Å². The van der Waals surface area contributed by atoms with Gasteiger partial charge in [0.05, 0.1) is 42.0 Å². The van der Waals surface area contributed by atoms with Crippen molar-refractivity contribution in [3.05, 3.63) is 51.2 Å². The van der Waals surface area contributed by atoms with Crippen LogP contribution in [0.3, 0.4) is 0 Å². The number of nitrogens with zero attached hydrogens (tertiary/aromatic N) is 4. The Bertz CT molecular complexity index is 1650. The van der Waals surface area contributed by atoms with Crippen LogP contribution in [-0.2, 0) is 26.9 Å². The van der Waals surface area contributed by atoms with Gasteiger partial charge in [0.2, 0.25) is 0 Å². The molecular formula is C30H33ClF4N4O5S. The summed E-state index contributed by atoms with van der Waals surface area (Å²) >= 11 is 7.16. The zero-order valence-electron chi connectivity index (χ0n) is 25.2. The Morgan fingerprint density at radius 2 is 1.82 bits per heavy atom. The summed E-state index contributed by atoms with van der Waals surface area (Å²) in [5.41, 5.74) is -2.20. The molecule has 1 aromatic heterocycles. The van der Waals surface area contributed by atoms with Gasteiger partial charge >= 0.3 is 18.0 Å². The maximum atomic E-state index is 14.9. The van der Waals surface area contributed by atoms with Crippen molar-refractivity contribution < 1.29 is 36.6 Å². The van der Waals surface area contributed by atoms with Crippen molar-refractivity contribution in [3.63, 3.8) is 0 Å². The predicted octanol–water partition coefficient (Wildman–Crippen LogP) is 6.07. The maximum absolute atomic E-state index is 14.9. The van der Waals surface area contributed by atoms with Crippen LogP contribution in [0.2, 0.25) is 5.02 Å². The average Bonchev–Trinajstić information content (AvgIpc) is 3.16. The van der Waals surface area contributed by atoms with E-state index in [1.165, 1.54) is 22.6 Å². The quantitative estimate of drug-likeness (QED) is 0.231. The monoisotopic (exact) mass is 672 g/mol. The van der Waals surface area contributed by atoms with Crippen LogP contribution in [0.15, 0.2) is 34.0 Å². The van der Waals surface area contributed by atoms with Crippen LogP contribution in [0.1, 0.15) is 26.3 Å². The fraction of sp³-hybridized carbons (Fsp3) is 0.500. The van der Waals surface area contributed by atoms with E-state index < -0.39 is 41.0 Å². The molecule has 0 spiro atoms. The zero-order valence-corrected chi connectivity index (χ0v) is 26.7. The van der Waals surface area contributed by atoms with E-state index >= 15 is 0 Å². The number of hydrogen-bond acceptors (Lipinski definition) is 8. The molecule has 3 heterocycles. The van der Waals surface area contributed by atoms with E-state index in [0.717, 1.165) is 30.0 Å². The highest BCUT2D eigenvalue weighted by Gasteiger charge is 2.39. The van der Waals surface area contributed by atoms with Crippen molar-refractivity contribution in [1.82, 2.24) is 14.5 Å². The predicted molar refractivity (Wildman–Crippen MR) is 164 cm³/mol. The number of thioether (sulfide) groups is 1. The summed E-state index contributed by atoms with van der Waals surface area (Å²) in [7, 11) is 1.52. The third-order valence-electron chi connectivity index (χ3n) is 7.38. The molecule has 1 fully saturated rings. The lowest BCUT2D eigenvalue weighted by Crippen LogP contribution is -2.50. The molecule has 45 heavy (non-hydrogen) atoms. The van der Waals surface area contributed by atoms with Crippen LogP contribution in [0.5, 0.6) is 0 Å². The summed E-state index contributed by atoms with van der Waals surface area (Å²) in [6, 6.07) is 4.41. The number of amides is 1. The summed E-state index contributed by atoms with van der Waals surface area (Å²) in [5, 5.41) is -0.201. The third kappa shape index (κ3) is 7.18. The number of methoxy groups -OCH3 is 1. The van der Waals surface area contributed by atoms with Gasteiger partial charge in [-0.3, -0.25) is 4.57 Å². The first-order valence-corrected chi connectivity index (χ1v) is 15.6. The Morgan fingerprint density at radius 3 is 2.44 bits per heavy atom. The van der Waals surface area contributed by atoms with Crippen LogP contribution in [-0.4, -0.2) is 84.5 Å². The van der Waals surface area contributed by atoms with E-state index in [0.29, 0.717) is 6.61 Å². The number of alkyl halides is 3. The smallest absolute Gasteiger partial charge is 0.417 e. The molecule has 9 nitrogen and oxygen atoms in total. The molecule has 2 aromatic carbocycles. The van der Waals surface area contributed by atoms with E-state index in [4.69, 9.17) is 25.8 Å². The van der Waals surface area contributed by atoms with Gasteiger partial charge in [0.25, 0.3) is 0 Å². The molecule has 2 aliphatic rings. The molecule has 0 N–H and O–H groups in total. The minimum atomic E-state index is -4.82. The number of hydrogen-bond donors (Lipinski definition) is 0. The molecule has 0 radical (unpaired) electrons. The van der Waals surface area contributed by atoms with E-state index in [1.54, 1.807) is 25.7 Å². The first kappa shape index (κ1) is 33.3. The molecular weight excluding hydrogens is 640 g/mol. The standard InChI is InChI=1S/C30H33ClF4N4O5S/c1-29(2,3)44-28(41)38-9-7-37(8-10-38)26-19-14-20(30(33,34)35)23(17-5-6-22(32)21(31)13-17)25-24(19)39(27(40)36-26)15-18(16-45-25)43-12-11-42-4/h5-6,13-14,18H,7-12,15-16H2,1-4H3/t18-/m1/s1. The van der Waals surface area contributed by atoms with Gasteiger partial charge in [-0.15, -0.1) is 11.8 Å². The number of carbonyl (C=O) groups excluding carboxylic acids is 1.